The first-order chi connectivity index (χ1) is 6.47. The lowest BCUT2D eigenvalue weighted by atomic mass is 9.45. The normalized spacial score (nSPS) is 26.4. The van der Waals surface area contributed by atoms with E-state index in [0.717, 1.165) is 12.0 Å². The Morgan fingerprint density at radius 2 is 2.07 bits per heavy atom. The van der Waals surface area contributed by atoms with E-state index >= 15 is 0 Å². The highest BCUT2D eigenvalue weighted by molar-refractivity contribution is 6.99. The summed E-state index contributed by atoms with van der Waals surface area (Å²) in [7, 11) is 2.69. The van der Waals surface area contributed by atoms with Crippen molar-refractivity contribution in [3.05, 3.63) is 0 Å². The molecular formula is C11H25B2N. The van der Waals surface area contributed by atoms with Crippen LogP contribution in [0.1, 0.15) is 41.0 Å². The predicted molar refractivity (Wildman–Crippen MR) is 68.5 cm³/mol. The molecule has 0 aliphatic carbocycles. The van der Waals surface area contributed by atoms with Crippen molar-refractivity contribution in [3.8, 4) is 0 Å². The largest absolute Gasteiger partial charge is 0.347 e. The van der Waals surface area contributed by atoms with Gasteiger partial charge >= 0.3 is 0 Å². The quantitative estimate of drug-likeness (QED) is 0.459. The van der Waals surface area contributed by atoms with Gasteiger partial charge in [-0.2, -0.15) is 0 Å². The molecule has 3 heteroatoms. The van der Waals surface area contributed by atoms with Gasteiger partial charge in [0.05, 0.1) is 0 Å². The third-order valence-electron chi connectivity index (χ3n) is 3.35. The molecule has 80 valence electrons. The topological polar surface area (TPSA) is 3.01 Å². The molecule has 2 atom stereocenters. The Hall–Kier alpha value is 0.0899. The minimum Gasteiger partial charge on any atom is -0.347 e. The summed E-state index contributed by atoms with van der Waals surface area (Å²) in [6, 6.07) is 0.872. The summed E-state index contributed by atoms with van der Waals surface area (Å²) in [5, 5.41) is 0. The Morgan fingerprint density at radius 1 is 1.43 bits per heavy atom. The highest BCUT2D eigenvalue weighted by Crippen LogP contribution is 2.39. The van der Waals surface area contributed by atoms with Gasteiger partial charge in [0.2, 0.25) is 0 Å². The predicted octanol–water partition coefficient (Wildman–Crippen LogP) is 1.88. The minimum absolute atomic E-state index is 0.530. The zero-order valence-corrected chi connectivity index (χ0v) is 10.6. The SMILES string of the molecule is CCBBN1CC1C(C)(C)CC(C)C. The van der Waals surface area contributed by atoms with Crippen LogP contribution >= 0.6 is 0 Å². The lowest BCUT2D eigenvalue weighted by molar-refractivity contribution is 0.266. The highest BCUT2D eigenvalue weighted by atomic mass is 15.2. The lowest BCUT2D eigenvalue weighted by Gasteiger charge is -2.27. The molecule has 0 bridgehead atoms. The summed E-state index contributed by atoms with van der Waals surface area (Å²) in [5.74, 6) is 0.832. The second kappa shape index (κ2) is 4.74. The molecule has 1 saturated heterocycles. The molecule has 1 fully saturated rings. The van der Waals surface area contributed by atoms with E-state index in [1.807, 2.05) is 0 Å². The fourth-order valence-electron chi connectivity index (χ4n) is 2.71. The highest BCUT2D eigenvalue weighted by Gasteiger charge is 2.44. The van der Waals surface area contributed by atoms with Gasteiger partial charge in [0, 0.05) is 12.6 Å². The van der Waals surface area contributed by atoms with Crippen LogP contribution in [0.25, 0.3) is 0 Å². The summed E-state index contributed by atoms with van der Waals surface area (Å²) in [5.41, 5.74) is 0.530. The van der Waals surface area contributed by atoms with E-state index in [0.29, 0.717) is 5.41 Å². The van der Waals surface area contributed by atoms with Crippen LogP contribution in [0, 0.1) is 11.3 Å². The third kappa shape index (κ3) is 3.34. The van der Waals surface area contributed by atoms with Crippen LogP contribution in [-0.4, -0.2) is 31.9 Å². The first-order valence-corrected chi connectivity index (χ1v) is 6.21. The summed E-state index contributed by atoms with van der Waals surface area (Å²) in [6.07, 6.45) is 2.69. The number of hydrogen-bond donors (Lipinski definition) is 0. The van der Waals surface area contributed by atoms with Crippen LogP contribution in [0.15, 0.2) is 0 Å². The Bertz CT molecular complexity index is 180. The first-order valence-electron chi connectivity index (χ1n) is 6.21. The minimum atomic E-state index is 0.530. The van der Waals surface area contributed by atoms with Crippen LogP contribution in [0.5, 0.6) is 0 Å². The molecule has 0 aromatic rings. The van der Waals surface area contributed by atoms with Gasteiger partial charge in [-0.1, -0.05) is 40.9 Å². The molecule has 0 aromatic carbocycles. The Morgan fingerprint density at radius 3 is 2.57 bits per heavy atom. The van der Waals surface area contributed by atoms with Gasteiger partial charge in [-0.15, -0.1) is 0 Å². The fraction of sp³-hybridized carbons (Fsp3) is 1.00. The molecule has 0 amide bonds. The van der Waals surface area contributed by atoms with Crippen molar-refractivity contribution in [3.63, 3.8) is 0 Å². The maximum atomic E-state index is 2.64. The van der Waals surface area contributed by atoms with Crippen molar-refractivity contribution >= 4 is 14.5 Å². The van der Waals surface area contributed by atoms with Gasteiger partial charge in [0.15, 0.2) is 7.31 Å². The molecule has 0 N–H and O–H groups in total. The summed E-state index contributed by atoms with van der Waals surface area (Å²) in [6.45, 7) is 13.2. The van der Waals surface area contributed by atoms with E-state index in [-0.39, 0.29) is 0 Å². The number of hydrogen-bond acceptors (Lipinski definition) is 1. The molecule has 0 saturated carbocycles. The van der Waals surface area contributed by atoms with Crippen molar-refractivity contribution in [1.29, 1.82) is 0 Å². The summed E-state index contributed by atoms with van der Waals surface area (Å²) in [4.78, 5) is 2.64. The molecule has 14 heavy (non-hydrogen) atoms. The van der Waals surface area contributed by atoms with E-state index in [4.69, 9.17) is 0 Å². The van der Waals surface area contributed by atoms with Crippen LogP contribution in [0.4, 0.5) is 0 Å². The van der Waals surface area contributed by atoms with Crippen LogP contribution in [0.3, 0.4) is 0 Å². The average molecular weight is 193 g/mol. The Balaban J connectivity index is 2.29. The van der Waals surface area contributed by atoms with Crippen molar-refractivity contribution < 1.29 is 0 Å². The zero-order valence-electron chi connectivity index (χ0n) is 10.6. The van der Waals surface area contributed by atoms with Gasteiger partial charge in [-0.3, -0.25) is 0 Å². The van der Waals surface area contributed by atoms with Gasteiger partial charge in [0.25, 0.3) is 0 Å². The van der Waals surface area contributed by atoms with Crippen molar-refractivity contribution in [1.82, 2.24) is 4.81 Å². The Labute approximate surface area is 91.1 Å². The van der Waals surface area contributed by atoms with E-state index in [9.17, 15) is 0 Å². The fourth-order valence-corrected chi connectivity index (χ4v) is 2.71. The molecule has 1 aliphatic rings. The molecule has 1 nitrogen and oxygen atoms in total. The maximum absolute atomic E-state index is 2.64. The summed E-state index contributed by atoms with van der Waals surface area (Å²) >= 11 is 0. The maximum Gasteiger partial charge on any atom is 0.166 e. The molecule has 0 spiro atoms. The second-order valence-corrected chi connectivity index (χ2v) is 5.95. The molecule has 0 aromatic heterocycles. The average Bonchev–Trinajstić information content (AvgIpc) is 2.77. The number of nitrogens with zero attached hydrogens (tertiary/aromatic N) is 1. The van der Waals surface area contributed by atoms with E-state index in [1.54, 1.807) is 0 Å². The van der Waals surface area contributed by atoms with Crippen LogP contribution in [0.2, 0.25) is 6.32 Å². The lowest BCUT2D eigenvalue weighted by Crippen LogP contribution is -2.27. The Kier molecular flexibility index (Phi) is 4.12. The molecule has 1 rings (SSSR count). The van der Waals surface area contributed by atoms with Crippen molar-refractivity contribution in [2.75, 3.05) is 6.54 Å². The summed E-state index contributed by atoms with van der Waals surface area (Å²) < 4.78 is 0. The number of rotatable bonds is 6. The molecule has 0 radical (unpaired) electrons. The standard InChI is InChI=1S/C11H25B2N/c1-6-12-13-14-8-10(14)11(4,5)7-9(2)3/h9-10,12-13H,6-8H2,1-5H3. The van der Waals surface area contributed by atoms with E-state index in [1.165, 1.54) is 33.8 Å². The van der Waals surface area contributed by atoms with Crippen molar-refractivity contribution in [2.45, 2.75) is 53.4 Å². The van der Waals surface area contributed by atoms with E-state index < -0.39 is 0 Å². The van der Waals surface area contributed by atoms with Crippen molar-refractivity contribution in [2.24, 2.45) is 11.3 Å². The van der Waals surface area contributed by atoms with E-state index in [2.05, 4.69) is 39.4 Å². The second-order valence-electron chi connectivity index (χ2n) is 5.95. The van der Waals surface area contributed by atoms with Gasteiger partial charge < -0.3 is 4.81 Å². The molecular weight excluding hydrogens is 168 g/mol. The van der Waals surface area contributed by atoms with Crippen LogP contribution < -0.4 is 0 Å². The monoisotopic (exact) mass is 193 g/mol. The first kappa shape index (κ1) is 12.2. The molecule has 2 unspecified atom stereocenters. The smallest absolute Gasteiger partial charge is 0.166 e. The third-order valence-corrected chi connectivity index (χ3v) is 3.35. The molecule has 1 heterocycles. The van der Waals surface area contributed by atoms with Gasteiger partial charge in [0.1, 0.15) is 7.17 Å². The molecule has 1 aliphatic heterocycles. The van der Waals surface area contributed by atoms with Gasteiger partial charge in [-0.05, 0) is 17.8 Å². The van der Waals surface area contributed by atoms with Gasteiger partial charge in [-0.25, -0.2) is 0 Å². The van der Waals surface area contributed by atoms with Crippen LogP contribution in [-0.2, 0) is 0 Å². The zero-order chi connectivity index (χ0) is 10.8.